The first-order valence-corrected chi connectivity index (χ1v) is 6.78. The molecule has 0 aliphatic carbocycles. The minimum atomic E-state index is -0.373. The molecule has 0 fully saturated rings. The third-order valence-corrected chi connectivity index (χ3v) is 3.94. The van der Waals surface area contributed by atoms with Crippen LogP contribution < -0.4 is 5.32 Å². The van der Waals surface area contributed by atoms with Crippen LogP contribution in [0.5, 0.6) is 0 Å². The quantitative estimate of drug-likeness (QED) is 0.791. The number of amides is 1. The van der Waals surface area contributed by atoms with Gasteiger partial charge in [-0.3, -0.25) is 14.8 Å². The Hall–Kier alpha value is -2.34. The molecule has 2 aromatic heterocycles. The molecule has 1 aromatic carbocycles. The van der Waals surface area contributed by atoms with Crippen LogP contribution in [0.4, 0.5) is 5.95 Å². The summed E-state index contributed by atoms with van der Waals surface area (Å²) >= 11 is 6.12. The molecule has 0 atom stereocenters. The van der Waals surface area contributed by atoms with Gasteiger partial charge in [-0.15, -0.1) is 0 Å². The Labute approximate surface area is 126 Å². The van der Waals surface area contributed by atoms with E-state index in [1.54, 1.807) is 18.7 Å². The fourth-order valence-electron chi connectivity index (χ4n) is 2.15. The van der Waals surface area contributed by atoms with Crippen molar-refractivity contribution in [3.05, 3.63) is 40.7 Å². The minimum absolute atomic E-state index is 0.198. The summed E-state index contributed by atoms with van der Waals surface area (Å²) < 4.78 is 3.39. The summed E-state index contributed by atoms with van der Waals surface area (Å²) in [5, 5.41) is 7.23. The fraction of sp³-hybridized carbons (Fsp3) is 0.214. The van der Waals surface area contributed by atoms with Gasteiger partial charge in [0.05, 0.1) is 21.7 Å². The second-order valence-corrected chi connectivity index (χ2v) is 5.19. The Kier molecular flexibility index (Phi) is 3.17. The lowest BCUT2D eigenvalue weighted by Crippen LogP contribution is -2.16. The minimum Gasteiger partial charge on any atom is -0.313 e. The second-order valence-electron chi connectivity index (χ2n) is 4.81. The molecule has 3 aromatic rings. The number of hydrogen-bond acceptors (Lipinski definition) is 3. The van der Waals surface area contributed by atoms with Crippen LogP contribution in [0.3, 0.4) is 0 Å². The highest BCUT2D eigenvalue weighted by atomic mass is 35.5. The fourth-order valence-corrected chi connectivity index (χ4v) is 2.39. The van der Waals surface area contributed by atoms with Crippen LogP contribution in [-0.2, 0) is 14.1 Å². The lowest BCUT2D eigenvalue weighted by atomic mass is 10.3. The predicted molar refractivity (Wildman–Crippen MR) is 81.6 cm³/mol. The zero-order valence-electron chi connectivity index (χ0n) is 11.9. The van der Waals surface area contributed by atoms with E-state index in [9.17, 15) is 4.79 Å². The number of benzene rings is 1. The van der Waals surface area contributed by atoms with Crippen LogP contribution in [0.25, 0.3) is 11.0 Å². The van der Waals surface area contributed by atoms with Crippen LogP contribution in [0.15, 0.2) is 24.3 Å². The molecule has 3 rings (SSSR count). The number of para-hydroxylation sites is 2. The molecule has 0 saturated carbocycles. The van der Waals surface area contributed by atoms with Gasteiger partial charge in [0.2, 0.25) is 5.95 Å². The highest BCUT2D eigenvalue weighted by Gasteiger charge is 2.20. The van der Waals surface area contributed by atoms with Crippen LogP contribution in [0, 0.1) is 6.92 Å². The van der Waals surface area contributed by atoms with E-state index in [2.05, 4.69) is 15.4 Å². The molecule has 0 saturated heterocycles. The molecule has 7 heteroatoms. The van der Waals surface area contributed by atoms with Crippen molar-refractivity contribution in [1.29, 1.82) is 0 Å². The number of rotatable bonds is 2. The highest BCUT2D eigenvalue weighted by Crippen LogP contribution is 2.22. The third-order valence-electron chi connectivity index (χ3n) is 3.49. The Morgan fingerprint density at radius 1 is 1.29 bits per heavy atom. The Balaban J connectivity index is 1.96. The van der Waals surface area contributed by atoms with Gasteiger partial charge >= 0.3 is 0 Å². The monoisotopic (exact) mass is 303 g/mol. The van der Waals surface area contributed by atoms with Crippen molar-refractivity contribution in [3.8, 4) is 0 Å². The second kappa shape index (κ2) is 4.89. The number of halogens is 1. The summed E-state index contributed by atoms with van der Waals surface area (Å²) in [6.45, 7) is 1.81. The smallest absolute Gasteiger partial charge is 0.280 e. The number of imidazole rings is 1. The molecule has 0 bridgehead atoms. The summed E-state index contributed by atoms with van der Waals surface area (Å²) in [6, 6.07) is 7.66. The molecular formula is C14H14ClN5O. The van der Waals surface area contributed by atoms with Gasteiger partial charge in [0.15, 0.2) is 5.69 Å². The normalized spacial score (nSPS) is 11.0. The lowest BCUT2D eigenvalue weighted by Gasteiger charge is -2.03. The van der Waals surface area contributed by atoms with Gasteiger partial charge in [-0.1, -0.05) is 23.7 Å². The molecule has 0 aliphatic heterocycles. The number of aromatic nitrogens is 4. The average molecular weight is 304 g/mol. The summed E-state index contributed by atoms with van der Waals surface area (Å²) in [5.41, 5.74) is 2.70. The first-order chi connectivity index (χ1) is 9.99. The Bertz CT molecular complexity index is 849. The number of carbonyl (C=O) groups is 1. The number of anilines is 1. The lowest BCUT2D eigenvalue weighted by molar-refractivity contribution is 0.102. The van der Waals surface area contributed by atoms with Crippen LogP contribution in [-0.4, -0.2) is 25.2 Å². The van der Waals surface area contributed by atoms with Crippen LogP contribution >= 0.6 is 11.6 Å². The molecule has 0 aliphatic rings. The number of nitrogens with zero attached hydrogens (tertiary/aromatic N) is 4. The van der Waals surface area contributed by atoms with Crippen LogP contribution in [0.2, 0.25) is 5.02 Å². The van der Waals surface area contributed by atoms with Gasteiger partial charge in [0.1, 0.15) is 0 Å². The maximum absolute atomic E-state index is 12.3. The first-order valence-electron chi connectivity index (χ1n) is 6.41. The Morgan fingerprint density at radius 3 is 2.62 bits per heavy atom. The topological polar surface area (TPSA) is 64.7 Å². The van der Waals surface area contributed by atoms with Crippen molar-refractivity contribution in [2.75, 3.05) is 5.32 Å². The van der Waals surface area contributed by atoms with E-state index in [0.717, 1.165) is 16.7 Å². The van der Waals surface area contributed by atoms with Gasteiger partial charge in [-0.25, -0.2) is 4.98 Å². The number of carbonyl (C=O) groups excluding carboxylic acids is 1. The van der Waals surface area contributed by atoms with Gasteiger partial charge in [0, 0.05) is 14.1 Å². The van der Waals surface area contributed by atoms with E-state index < -0.39 is 0 Å². The number of hydrogen-bond donors (Lipinski definition) is 1. The molecule has 0 radical (unpaired) electrons. The number of nitrogens with one attached hydrogen (secondary N) is 1. The number of fused-ring (bicyclic) bond motifs is 1. The predicted octanol–water partition coefficient (Wildman–Crippen LogP) is 2.52. The molecule has 1 N–H and O–H groups in total. The molecule has 0 spiro atoms. The summed E-state index contributed by atoms with van der Waals surface area (Å²) in [7, 11) is 3.59. The van der Waals surface area contributed by atoms with Crippen molar-refractivity contribution in [2.24, 2.45) is 14.1 Å². The van der Waals surface area contributed by atoms with Crippen molar-refractivity contribution >= 4 is 34.5 Å². The van der Waals surface area contributed by atoms with Crippen molar-refractivity contribution in [1.82, 2.24) is 19.3 Å². The maximum atomic E-state index is 12.3. The molecule has 0 unspecified atom stereocenters. The van der Waals surface area contributed by atoms with E-state index in [-0.39, 0.29) is 11.6 Å². The van der Waals surface area contributed by atoms with Crippen molar-refractivity contribution in [3.63, 3.8) is 0 Å². The maximum Gasteiger partial charge on any atom is 0.280 e. The molecular weight excluding hydrogens is 290 g/mol. The molecule has 2 heterocycles. The first kappa shape index (κ1) is 13.6. The Morgan fingerprint density at radius 2 is 2.00 bits per heavy atom. The summed E-state index contributed by atoms with van der Waals surface area (Å²) in [6.07, 6.45) is 0. The van der Waals surface area contributed by atoms with Crippen molar-refractivity contribution in [2.45, 2.75) is 6.92 Å². The zero-order valence-corrected chi connectivity index (χ0v) is 12.6. The molecule has 108 valence electrons. The average Bonchev–Trinajstić information content (AvgIpc) is 2.92. The SMILES string of the molecule is Cc1c(Cl)c(C(=O)Nc2nc3ccccc3n2C)nn1C. The van der Waals surface area contributed by atoms with E-state index >= 15 is 0 Å². The van der Waals surface area contributed by atoms with E-state index in [1.165, 1.54) is 0 Å². The molecule has 1 amide bonds. The highest BCUT2D eigenvalue weighted by molar-refractivity contribution is 6.34. The number of aryl methyl sites for hydroxylation is 2. The third kappa shape index (κ3) is 2.17. The largest absolute Gasteiger partial charge is 0.313 e. The van der Waals surface area contributed by atoms with Crippen molar-refractivity contribution < 1.29 is 4.79 Å². The summed E-state index contributed by atoms with van der Waals surface area (Å²) in [4.78, 5) is 16.7. The van der Waals surface area contributed by atoms with E-state index in [0.29, 0.717) is 11.0 Å². The standard InChI is InChI=1S/C14H14ClN5O/c1-8-11(15)12(18-20(8)3)13(21)17-14-16-9-6-4-5-7-10(9)19(14)2/h4-7H,1-3H3,(H,16,17,21). The van der Waals surface area contributed by atoms with Gasteiger partial charge in [0.25, 0.3) is 5.91 Å². The zero-order chi connectivity index (χ0) is 15.1. The van der Waals surface area contributed by atoms with E-state index in [4.69, 9.17) is 11.6 Å². The van der Waals surface area contributed by atoms with Gasteiger partial charge in [-0.05, 0) is 19.1 Å². The van der Waals surface area contributed by atoms with E-state index in [1.807, 2.05) is 35.9 Å². The molecule has 21 heavy (non-hydrogen) atoms. The van der Waals surface area contributed by atoms with Crippen LogP contribution in [0.1, 0.15) is 16.2 Å². The van der Waals surface area contributed by atoms with Gasteiger partial charge < -0.3 is 4.57 Å². The summed E-state index contributed by atoms with van der Waals surface area (Å²) in [5.74, 6) is 0.0858. The molecule has 6 nitrogen and oxygen atoms in total. The van der Waals surface area contributed by atoms with Gasteiger partial charge in [-0.2, -0.15) is 5.10 Å².